The van der Waals surface area contributed by atoms with Crippen molar-refractivity contribution in [2.75, 3.05) is 4.90 Å². The van der Waals surface area contributed by atoms with Crippen molar-refractivity contribution in [3.63, 3.8) is 0 Å². The van der Waals surface area contributed by atoms with E-state index in [0.717, 1.165) is 28.4 Å². The van der Waals surface area contributed by atoms with Crippen LogP contribution >= 0.6 is 0 Å². The fourth-order valence-electron chi connectivity index (χ4n) is 9.61. The summed E-state index contributed by atoms with van der Waals surface area (Å²) in [6.45, 7) is 0. The Morgan fingerprint density at radius 2 is 0.714 bits per heavy atom. The molecule has 0 radical (unpaired) electrons. The molecule has 0 amide bonds. The smallest absolute Gasteiger partial charge is 0.0547 e. The predicted molar refractivity (Wildman–Crippen MR) is 266 cm³/mol. The Bertz CT molecular complexity index is 3570. The van der Waals surface area contributed by atoms with Gasteiger partial charge in [0.2, 0.25) is 0 Å². The van der Waals surface area contributed by atoms with Crippen molar-refractivity contribution in [2.24, 2.45) is 0 Å². The molecule has 0 saturated carbocycles. The van der Waals surface area contributed by atoms with E-state index in [9.17, 15) is 0 Å². The van der Waals surface area contributed by atoms with Crippen molar-refractivity contribution in [2.45, 2.75) is 0 Å². The molecule has 296 valence electrons. The van der Waals surface area contributed by atoms with Crippen LogP contribution in [0.1, 0.15) is 0 Å². The van der Waals surface area contributed by atoms with Gasteiger partial charge in [-0.2, -0.15) is 0 Å². The molecule has 0 saturated heterocycles. The molecule has 3 heteroatoms. The van der Waals surface area contributed by atoms with Gasteiger partial charge in [0.15, 0.2) is 0 Å². The molecule has 0 N–H and O–H groups in total. The van der Waals surface area contributed by atoms with Crippen LogP contribution in [-0.2, 0) is 0 Å². The average molecular weight is 804 g/mol. The molecule has 0 aliphatic carbocycles. The Kier molecular flexibility index (Phi) is 8.83. The summed E-state index contributed by atoms with van der Waals surface area (Å²) in [6.07, 6.45) is 0. The largest absolute Gasteiger partial charge is 0.310 e. The van der Waals surface area contributed by atoms with Crippen LogP contribution in [-0.4, -0.2) is 9.13 Å². The molecule has 0 fully saturated rings. The molecule has 3 nitrogen and oxygen atoms in total. The van der Waals surface area contributed by atoms with Crippen molar-refractivity contribution in [1.29, 1.82) is 0 Å². The Balaban J connectivity index is 1.11. The van der Waals surface area contributed by atoms with Gasteiger partial charge in [0.05, 0.1) is 22.1 Å². The molecular weight excluding hydrogens is 763 g/mol. The van der Waals surface area contributed by atoms with E-state index in [1.807, 2.05) is 0 Å². The second kappa shape index (κ2) is 15.3. The van der Waals surface area contributed by atoms with Gasteiger partial charge in [-0.15, -0.1) is 0 Å². The van der Waals surface area contributed by atoms with Gasteiger partial charge in [0.1, 0.15) is 0 Å². The van der Waals surface area contributed by atoms with Gasteiger partial charge in [-0.05, 0) is 118 Å². The molecule has 2 heterocycles. The highest BCUT2D eigenvalue weighted by Crippen LogP contribution is 2.45. The van der Waals surface area contributed by atoms with E-state index in [2.05, 4.69) is 263 Å². The fourth-order valence-corrected chi connectivity index (χ4v) is 9.61. The molecule has 12 aromatic rings. The summed E-state index contributed by atoms with van der Waals surface area (Å²) in [7, 11) is 0. The van der Waals surface area contributed by atoms with Crippen molar-refractivity contribution >= 4 is 60.7 Å². The van der Waals surface area contributed by atoms with Crippen LogP contribution in [0.4, 0.5) is 17.1 Å². The third-order valence-corrected chi connectivity index (χ3v) is 12.5. The van der Waals surface area contributed by atoms with Crippen molar-refractivity contribution in [3.05, 3.63) is 249 Å². The fraction of sp³-hybridized carbons (Fsp3) is 0. The minimum Gasteiger partial charge on any atom is -0.310 e. The molecule has 0 bridgehead atoms. The normalized spacial score (nSPS) is 11.5. The van der Waals surface area contributed by atoms with Crippen molar-refractivity contribution in [3.8, 4) is 44.8 Å². The molecule has 0 aliphatic heterocycles. The Morgan fingerprint density at radius 1 is 0.254 bits per heavy atom. The highest BCUT2D eigenvalue weighted by Gasteiger charge is 2.22. The first-order valence-electron chi connectivity index (χ1n) is 21.6. The van der Waals surface area contributed by atoms with E-state index in [0.29, 0.717) is 0 Å². The summed E-state index contributed by atoms with van der Waals surface area (Å²) in [5.74, 6) is 0. The molecule has 10 aromatic carbocycles. The zero-order chi connectivity index (χ0) is 41.7. The summed E-state index contributed by atoms with van der Waals surface area (Å²) in [5, 5.41) is 4.85. The van der Waals surface area contributed by atoms with E-state index in [-0.39, 0.29) is 0 Å². The number of rotatable bonds is 8. The van der Waals surface area contributed by atoms with Gasteiger partial charge in [-0.25, -0.2) is 0 Å². The quantitative estimate of drug-likeness (QED) is 0.149. The van der Waals surface area contributed by atoms with Crippen LogP contribution in [0.3, 0.4) is 0 Å². The van der Waals surface area contributed by atoms with Crippen LogP contribution in [0.15, 0.2) is 249 Å². The number of hydrogen-bond donors (Lipinski definition) is 0. The third-order valence-electron chi connectivity index (χ3n) is 12.5. The van der Waals surface area contributed by atoms with E-state index in [1.54, 1.807) is 0 Å². The number of para-hydroxylation sites is 2. The standard InChI is InChI=1S/C60H41N3/c1-6-17-42(18-7-1)44-29-32-49(33-30-44)61(50-34-37-56-54(40-50)53-36-31-46(43-19-8-2-9-20-43)39-59(53)63(56)48-25-14-5-15-26-48)51-35-38-57-55(41-51)60-52(45-21-10-3-11-22-45)27-16-28-58(60)62(57)47-23-12-4-13-24-47/h1-41H. The second-order valence-electron chi connectivity index (χ2n) is 16.2. The first kappa shape index (κ1) is 36.5. The Hall–Kier alpha value is -8.40. The lowest BCUT2D eigenvalue weighted by Gasteiger charge is -2.26. The number of aromatic nitrogens is 2. The highest BCUT2D eigenvalue weighted by molar-refractivity contribution is 6.17. The lowest BCUT2D eigenvalue weighted by molar-refractivity contribution is 1.18. The SMILES string of the molecule is c1ccc(-c2ccc(N(c3ccc4c(c3)c3ccc(-c5ccccc5)cc3n4-c3ccccc3)c3ccc4c(c3)c3c(-c5ccccc5)cccc3n4-c3ccccc3)cc2)cc1. The monoisotopic (exact) mass is 803 g/mol. The maximum absolute atomic E-state index is 2.43. The van der Waals surface area contributed by atoms with E-state index in [1.165, 1.54) is 77.0 Å². The van der Waals surface area contributed by atoms with Crippen molar-refractivity contribution in [1.82, 2.24) is 9.13 Å². The number of hydrogen-bond acceptors (Lipinski definition) is 1. The van der Waals surface area contributed by atoms with Gasteiger partial charge in [-0.3, -0.25) is 0 Å². The molecule has 0 spiro atoms. The van der Waals surface area contributed by atoms with Crippen LogP contribution in [0, 0.1) is 0 Å². The summed E-state index contributed by atoms with van der Waals surface area (Å²) in [5.41, 5.74) is 17.4. The van der Waals surface area contributed by atoms with Crippen LogP contribution in [0.5, 0.6) is 0 Å². The Labute approximate surface area is 366 Å². The lowest BCUT2D eigenvalue weighted by atomic mass is 9.99. The predicted octanol–water partition coefficient (Wildman–Crippen LogP) is 16.4. The van der Waals surface area contributed by atoms with E-state index >= 15 is 0 Å². The average Bonchev–Trinajstić information content (AvgIpc) is 3.87. The second-order valence-corrected chi connectivity index (χ2v) is 16.2. The number of fused-ring (bicyclic) bond motifs is 6. The number of anilines is 3. The zero-order valence-electron chi connectivity index (χ0n) is 34.5. The minimum absolute atomic E-state index is 1.08. The molecule has 0 aliphatic rings. The first-order chi connectivity index (χ1) is 31.3. The molecular formula is C60H41N3. The van der Waals surface area contributed by atoms with Gasteiger partial charge >= 0.3 is 0 Å². The first-order valence-corrected chi connectivity index (χ1v) is 21.6. The van der Waals surface area contributed by atoms with Crippen LogP contribution < -0.4 is 4.90 Å². The van der Waals surface area contributed by atoms with E-state index in [4.69, 9.17) is 0 Å². The van der Waals surface area contributed by atoms with Gasteiger partial charge in [0.25, 0.3) is 0 Å². The maximum Gasteiger partial charge on any atom is 0.0547 e. The van der Waals surface area contributed by atoms with Gasteiger partial charge < -0.3 is 14.0 Å². The summed E-state index contributed by atoms with van der Waals surface area (Å²) < 4.78 is 4.82. The highest BCUT2D eigenvalue weighted by atomic mass is 15.1. The van der Waals surface area contributed by atoms with E-state index < -0.39 is 0 Å². The minimum atomic E-state index is 1.08. The molecule has 12 rings (SSSR count). The van der Waals surface area contributed by atoms with Gasteiger partial charge in [0, 0.05) is 50.0 Å². The number of nitrogens with zero attached hydrogens (tertiary/aromatic N) is 3. The summed E-state index contributed by atoms with van der Waals surface area (Å²) >= 11 is 0. The van der Waals surface area contributed by atoms with Gasteiger partial charge in [-0.1, -0.05) is 164 Å². The molecule has 0 atom stereocenters. The summed E-state index contributed by atoms with van der Waals surface area (Å²) in [4.78, 5) is 2.43. The summed E-state index contributed by atoms with van der Waals surface area (Å²) in [6, 6.07) is 90.2. The lowest BCUT2D eigenvalue weighted by Crippen LogP contribution is -2.10. The molecule has 63 heavy (non-hydrogen) atoms. The Morgan fingerprint density at radius 3 is 1.32 bits per heavy atom. The van der Waals surface area contributed by atoms with Crippen LogP contribution in [0.2, 0.25) is 0 Å². The molecule has 0 unspecified atom stereocenters. The zero-order valence-corrected chi connectivity index (χ0v) is 34.5. The molecule has 2 aromatic heterocycles. The topological polar surface area (TPSA) is 13.1 Å². The maximum atomic E-state index is 2.43. The van der Waals surface area contributed by atoms with Crippen LogP contribution in [0.25, 0.3) is 88.4 Å². The third kappa shape index (κ3) is 6.29. The van der Waals surface area contributed by atoms with Crippen molar-refractivity contribution < 1.29 is 0 Å². The number of benzene rings is 10.